The summed E-state index contributed by atoms with van der Waals surface area (Å²) in [5.41, 5.74) is 0.509. The molecule has 1 amide bonds. The van der Waals surface area contributed by atoms with Crippen LogP contribution in [0.15, 0.2) is 16.7 Å². The second-order valence-electron chi connectivity index (χ2n) is 4.61. The van der Waals surface area contributed by atoms with E-state index in [0.29, 0.717) is 11.7 Å². The predicted octanol–water partition coefficient (Wildman–Crippen LogP) is 2.89. The summed E-state index contributed by atoms with van der Waals surface area (Å²) < 4.78 is 42.6. The van der Waals surface area contributed by atoms with Crippen LogP contribution in [0.4, 0.5) is 13.2 Å². The molecular weight excluding hydrogens is 341 g/mol. The number of hydrogen-bond acceptors (Lipinski definition) is 2. The molecule has 0 saturated heterocycles. The number of hydrogen-bond donors (Lipinski definition) is 1. The van der Waals surface area contributed by atoms with Crippen LogP contribution in [0.3, 0.4) is 0 Å². The van der Waals surface area contributed by atoms with E-state index in [2.05, 4.69) is 26.0 Å². The zero-order chi connectivity index (χ0) is 14.8. The molecule has 112 valence electrons. The van der Waals surface area contributed by atoms with E-state index in [9.17, 15) is 18.0 Å². The zero-order valence-corrected chi connectivity index (χ0v) is 12.1. The van der Waals surface area contributed by atoms with Crippen LogP contribution in [0, 0.1) is 0 Å². The topological polar surface area (TPSA) is 43.3 Å². The summed E-state index contributed by atoms with van der Waals surface area (Å²) in [6.45, 7) is -1.42. The van der Waals surface area contributed by atoms with E-state index >= 15 is 0 Å². The molecule has 1 fully saturated rings. The molecule has 0 spiro atoms. The van der Waals surface area contributed by atoms with E-state index in [1.165, 1.54) is 0 Å². The summed E-state index contributed by atoms with van der Waals surface area (Å²) in [6.07, 6.45) is -0.422. The summed E-state index contributed by atoms with van der Waals surface area (Å²) in [5, 5.41) is 2.55. The Kier molecular flexibility index (Phi) is 4.74. The maximum atomic E-state index is 11.9. The van der Waals surface area contributed by atoms with Crippen LogP contribution in [0.5, 0.6) is 0 Å². The number of nitrogens with one attached hydrogen (secondary N) is 1. The monoisotopic (exact) mass is 354 g/mol. The first-order valence-corrected chi connectivity index (χ1v) is 6.96. The van der Waals surface area contributed by atoms with Gasteiger partial charge in [0.2, 0.25) is 0 Å². The number of ether oxygens (including phenoxy) is 1. The van der Waals surface area contributed by atoms with E-state index < -0.39 is 12.8 Å². The van der Waals surface area contributed by atoms with Gasteiger partial charge in [0.15, 0.2) is 0 Å². The Hall–Kier alpha value is -1.02. The number of nitrogens with zero attached hydrogens (tertiary/aromatic N) is 1. The number of alkyl halides is 3. The molecule has 0 radical (unpaired) electrons. The second-order valence-corrected chi connectivity index (χ2v) is 5.52. The molecular formula is C12H14BrF3N2O2. The maximum Gasteiger partial charge on any atom is 0.411 e. The standard InChI is InChI=1S/C12H14BrF3N2O2/c13-8-5-10(18(6-8)9-1-2-9)11(19)17-3-4-20-7-12(14,15)16/h5-6,9H,1-4,7H2,(H,17,19). The van der Waals surface area contributed by atoms with Crippen LogP contribution in [0.2, 0.25) is 0 Å². The molecule has 2 rings (SSSR count). The van der Waals surface area contributed by atoms with Gasteiger partial charge < -0.3 is 14.6 Å². The third kappa shape index (κ3) is 4.52. The van der Waals surface area contributed by atoms with E-state index in [1.807, 2.05) is 10.8 Å². The Labute approximate surface area is 122 Å². The largest absolute Gasteiger partial charge is 0.411 e. The molecule has 0 bridgehead atoms. The molecule has 0 aromatic carbocycles. The van der Waals surface area contributed by atoms with Gasteiger partial charge in [-0.3, -0.25) is 4.79 Å². The van der Waals surface area contributed by atoms with Gasteiger partial charge in [0.1, 0.15) is 12.3 Å². The van der Waals surface area contributed by atoms with Gasteiger partial charge in [0.05, 0.1) is 6.61 Å². The second kappa shape index (κ2) is 6.17. The van der Waals surface area contributed by atoms with E-state index in [4.69, 9.17) is 0 Å². The SMILES string of the molecule is O=C(NCCOCC(F)(F)F)c1cc(Br)cn1C1CC1. The van der Waals surface area contributed by atoms with Gasteiger partial charge >= 0.3 is 6.18 Å². The van der Waals surface area contributed by atoms with Gasteiger partial charge in [-0.15, -0.1) is 0 Å². The van der Waals surface area contributed by atoms with Gasteiger partial charge in [-0.2, -0.15) is 13.2 Å². The minimum absolute atomic E-state index is 0.0440. The first kappa shape index (κ1) is 15.4. The van der Waals surface area contributed by atoms with Crippen molar-refractivity contribution in [2.75, 3.05) is 19.8 Å². The lowest BCUT2D eigenvalue weighted by Crippen LogP contribution is -2.30. The summed E-state index contributed by atoms with van der Waals surface area (Å²) in [4.78, 5) is 11.9. The Balaban J connectivity index is 1.77. The Morgan fingerprint density at radius 3 is 2.80 bits per heavy atom. The van der Waals surface area contributed by atoms with E-state index in [0.717, 1.165) is 17.3 Å². The van der Waals surface area contributed by atoms with Crippen molar-refractivity contribution in [2.45, 2.75) is 25.1 Å². The van der Waals surface area contributed by atoms with Crippen molar-refractivity contribution in [2.24, 2.45) is 0 Å². The zero-order valence-electron chi connectivity index (χ0n) is 10.5. The molecule has 1 aliphatic carbocycles. The van der Waals surface area contributed by atoms with Crippen molar-refractivity contribution in [3.63, 3.8) is 0 Å². The van der Waals surface area contributed by atoms with Crippen molar-refractivity contribution < 1.29 is 22.7 Å². The molecule has 1 N–H and O–H groups in total. The minimum Gasteiger partial charge on any atom is -0.370 e. The van der Waals surface area contributed by atoms with Crippen LogP contribution >= 0.6 is 15.9 Å². The normalized spacial score (nSPS) is 15.4. The van der Waals surface area contributed by atoms with Crippen molar-refractivity contribution in [1.29, 1.82) is 0 Å². The van der Waals surface area contributed by atoms with Crippen LogP contribution in [-0.4, -0.2) is 36.4 Å². The average Bonchev–Trinajstić information content (AvgIpc) is 3.10. The molecule has 8 heteroatoms. The fourth-order valence-corrected chi connectivity index (χ4v) is 2.24. The third-order valence-electron chi connectivity index (χ3n) is 2.79. The first-order chi connectivity index (χ1) is 9.37. The number of rotatable bonds is 6. The summed E-state index contributed by atoms with van der Waals surface area (Å²) in [5.74, 6) is -0.307. The van der Waals surface area contributed by atoms with Crippen LogP contribution in [-0.2, 0) is 4.74 Å². The third-order valence-corrected chi connectivity index (χ3v) is 3.22. The fourth-order valence-electron chi connectivity index (χ4n) is 1.80. The summed E-state index contributed by atoms with van der Waals surface area (Å²) >= 11 is 3.31. The van der Waals surface area contributed by atoms with Gasteiger partial charge in [-0.05, 0) is 34.8 Å². The van der Waals surface area contributed by atoms with Crippen molar-refractivity contribution in [3.05, 3.63) is 22.4 Å². The number of amides is 1. The Morgan fingerprint density at radius 1 is 1.50 bits per heavy atom. The van der Waals surface area contributed by atoms with Crippen molar-refractivity contribution in [3.8, 4) is 0 Å². The van der Waals surface area contributed by atoms with Gasteiger partial charge in [0.25, 0.3) is 5.91 Å². The quantitative estimate of drug-likeness (QED) is 0.798. The molecule has 1 aromatic heterocycles. The molecule has 20 heavy (non-hydrogen) atoms. The Morgan fingerprint density at radius 2 is 2.20 bits per heavy atom. The number of carbonyl (C=O) groups is 1. The predicted molar refractivity (Wildman–Crippen MR) is 69.6 cm³/mol. The van der Waals surface area contributed by atoms with Crippen molar-refractivity contribution in [1.82, 2.24) is 9.88 Å². The van der Waals surface area contributed by atoms with E-state index in [-0.39, 0.29) is 19.1 Å². The Bertz CT molecular complexity index is 484. The molecule has 0 unspecified atom stereocenters. The highest BCUT2D eigenvalue weighted by Gasteiger charge is 2.28. The smallest absolute Gasteiger partial charge is 0.370 e. The lowest BCUT2D eigenvalue weighted by molar-refractivity contribution is -0.173. The van der Waals surface area contributed by atoms with Crippen molar-refractivity contribution >= 4 is 21.8 Å². The molecule has 0 atom stereocenters. The summed E-state index contributed by atoms with van der Waals surface area (Å²) in [7, 11) is 0. The number of carbonyl (C=O) groups excluding carboxylic acids is 1. The van der Waals surface area contributed by atoms with Gasteiger partial charge in [-0.25, -0.2) is 0 Å². The minimum atomic E-state index is -4.34. The lowest BCUT2D eigenvalue weighted by Gasteiger charge is -2.10. The maximum absolute atomic E-state index is 11.9. The highest BCUT2D eigenvalue weighted by Crippen LogP contribution is 2.37. The average molecular weight is 355 g/mol. The van der Waals surface area contributed by atoms with Gasteiger partial charge in [-0.1, -0.05) is 0 Å². The molecule has 1 heterocycles. The molecule has 1 aliphatic rings. The van der Waals surface area contributed by atoms with Gasteiger partial charge in [0, 0.05) is 23.3 Å². The van der Waals surface area contributed by atoms with Crippen LogP contribution < -0.4 is 5.32 Å². The van der Waals surface area contributed by atoms with Crippen LogP contribution in [0.1, 0.15) is 29.4 Å². The molecule has 1 aromatic rings. The molecule has 1 saturated carbocycles. The number of aromatic nitrogens is 1. The fraction of sp³-hybridized carbons (Fsp3) is 0.583. The number of halogens is 4. The summed E-state index contributed by atoms with van der Waals surface area (Å²) in [6, 6.07) is 2.05. The molecule has 4 nitrogen and oxygen atoms in total. The van der Waals surface area contributed by atoms with E-state index in [1.54, 1.807) is 6.07 Å². The highest BCUT2D eigenvalue weighted by molar-refractivity contribution is 9.10. The molecule has 0 aliphatic heterocycles. The highest BCUT2D eigenvalue weighted by atomic mass is 79.9. The lowest BCUT2D eigenvalue weighted by atomic mass is 10.4. The van der Waals surface area contributed by atoms with Crippen LogP contribution in [0.25, 0.3) is 0 Å². The first-order valence-electron chi connectivity index (χ1n) is 6.17.